The number of carbonyl (C=O) groups is 1. The van der Waals surface area contributed by atoms with Crippen molar-refractivity contribution in [1.82, 2.24) is 10.2 Å². The number of hydrogen-bond donors (Lipinski definition) is 1. The largest absolute Gasteiger partial charge is 0.379 e. The second kappa shape index (κ2) is 8.60. The van der Waals surface area contributed by atoms with E-state index in [2.05, 4.69) is 10.2 Å². The molecule has 0 bridgehead atoms. The summed E-state index contributed by atoms with van der Waals surface area (Å²) in [5, 5.41) is 2.77. The highest BCUT2D eigenvalue weighted by Gasteiger charge is 2.09. The standard InChI is InChI=1S/C16H20F2N2O2/c17-14-4-2-13(12-15(14)18)3-5-16(21)19-6-1-7-20-8-10-22-11-9-20/h2-5,12H,1,6-11H2,(H,19,21)/b5-3+. The van der Waals surface area contributed by atoms with E-state index in [4.69, 9.17) is 4.74 Å². The minimum atomic E-state index is -0.923. The number of halogens is 2. The van der Waals surface area contributed by atoms with Crippen molar-refractivity contribution in [2.45, 2.75) is 6.42 Å². The first kappa shape index (κ1) is 16.6. The summed E-state index contributed by atoms with van der Waals surface area (Å²) in [6.07, 6.45) is 3.64. The van der Waals surface area contributed by atoms with Gasteiger partial charge in [0, 0.05) is 25.7 Å². The van der Waals surface area contributed by atoms with E-state index in [0.29, 0.717) is 12.1 Å². The molecule has 1 aromatic rings. The zero-order valence-electron chi connectivity index (χ0n) is 12.4. The highest BCUT2D eigenvalue weighted by molar-refractivity contribution is 5.91. The van der Waals surface area contributed by atoms with Gasteiger partial charge in [-0.1, -0.05) is 6.07 Å². The molecule has 1 amide bonds. The fraction of sp³-hybridized carbons (Fsp3) is 0.438. The number of hydrogen-bond acceptors (Lipinski definition) is 3. The Balaban J connectivity index is 1.66. The normalized spacial score (nSPS) is 16.1. The van der Waals surface area contributed by atoms with Crippen LogP contribution >= 0.6 is 0 Å². The number of amides is 1. The third kappa shape index (κ3) is 5.54. The van der Waals surface area contributed by atoms with Gasteiger partial charge in [-0.05, 0) is 36.7 Å². The van der Waals surface area contributed by atoms with Crippen LogP contribution in [0.5, 0.6) is 0 Å². The lowest BCUT2D eigenvalue weighted by Gasteiger charge is -2.26. The van der Waals surface area contributed by atoms with Gasteiger partial charge in [0.25, 0.3) is 0 Å². The Hall–Kier alpha value is -1.79. The smallest absolute Gasteiger partial charge is 0.243 e. The molecule has 1 saturated heterocycles. The van der Waals surface area contributed by atoms with Crippen molar-refractivity contribution in [2.24, 2.45) is 0 Å². The average Bonchev–Trinajstić information content (AvgIpc) is 2.54. The fourth-order valence-electron chi connectivity index (χ4n) is 2.19. The molecule has 0 radical (unpaired) electrons. The summed E-state index contributed by atoms with van der Waals surface area (Å²) in [6.45, 7) is 4.91. The van der Waals surface area contributed by atoms with Gasteiger partial charge in [-0.3, -0.25) is 9.69 Å². The number of morpholine rings is 1. The zero-order valence-corrected chi connectivity index (χ0v) is 12.4. The molecule has 22 heavy (non-hydrogen) atoms. The van der Waals surface area contributed by atoms with E-state index < -0.39 is 11.6 Å². The molecule has 0 saturated carbocycles. The summed E-state index contributed by atoms with van der Waals surface area (Å²) in [6, 6.07) is 3.51. The van der Waals surface area contributed by atoms with Crippen LogP contribution in [-0.2, 0) is 9.53 Å². The Morgan fingerprint density at radius 3 is 2.77 bits per heavy atom. The van der Waals surface area contributed by atoms with Crippen LogP contribution in [0.15, 0.2) is 24.3 Å². The Morgan fingerprint density at radius 2 is 2.05 bits per heavy atom. The van der Waals surface area contributed by atoms with Crippen molar-refractivity contribution in [3.05, 3.63) is 41.5 Å². The maximum absolute atomic E-state index is 13.0. The van der Waals surface area contributed by atoms with E-state index in [-0.39, 0.29) is 5.91 Å². The molecular weight excluding hydrogens is 290 g/mol. The van der Waals surface area contributed by atoms with Gasteiger partial charge in [-0.15, -0.1) is 0 Å². The number of carbonyl (C=O) groups excluding carboxylic acids is 1. The van der Waals surface area contributed by atoms with E-state index in [1.807, 2.05) is 0 Å². The molecule has 2 rings (SSSR count). The minimum Gasteiger partial charge on any atom is -0.379 e. The molecule has 1 fully saturated rings. The van der Waals surface area contributed by atoms with Crippen LogP contribution in [0.2, 0.25) is 0 Å². The Bertz CT molecular complexity index is 529. The van der Waals surface area contributed by atoms with Gasteiger partial charge in [0.15, 0.2) is 11.6 Å². The lowest BCUT2D eigenvalue weighted by Crippen LogP contribution is -2.38. The van der Waals surface area contributed by atoms with Gasteiger partial charge in [0.2, 0.25) is 5.91 Å². The summed E-state index contributed by atoms with van der Waals surface area (Å²) >= 11 is 0. The first-order valence-corrected chi connectivity index (χ1v) is 7.36. The number of nitrogens with zero attached hydrogens (tertiary/aromatic N) is 1. The van der Waals surface area contributed by atoms with Crippen LogP contribution < -0.4 is 5.32 Å². The van der Waals surface area contributed by atoms with Crippen LogP contribution in [0.1, 0.15) is 12.0 Å². The fourth-order valence-corrected chi connectivity index (χ4v) is 2.19. The Labute approximate surface area is 128 Å². The van der Waals surface area contributed by atoms with Crippen LogP contribution in [0.25, 0.3) is 6.08 Å². The van der Waals surface area contributed by atoms with E-state index in [1.54, 1.807) is 0 Å². The first-order chi connectivity index (χ1) is 10.6. The second-order valence-corrected chi connectivity index (χ2v) is 5.11. The molecule has 120 valence electrons. The van der Waals surface area contributed by atoms with Crippen molar-refractivity contribution in [2.75, 3.05) is 39.4 Å². The van der Waals surface area contributed by atoms with Crippen LogP contribution in [-0.4, -0.2) is 50.2 Å². The zero-order chi connectivity index (χ0) is 15.8. The molecular formula is C16H20F2N2O2. The SMILES string of the molecule is O=C(/C=C/c1ccc(F)c(F)c1)NCCCN1CCOCC1. The average molecular weight is 310 g/mol. The summed E-state index contributed by atoms with van der Waals surface area (Å²) in [7, 11) is 0. The third-order valence-corrected chi connectivity index (χ3v) is 3.42. The molecule has 1 heterocycles. The molecule has 1 aliphatic heterocycles. The van der Waals surface area contributed by atoms with Crippen molar-refractivity contribution in [3.8, 4) is 0 Å². The predicted octanol–water partition coefficient (Wildman–Crippen LogP) is 1.82. The van der Waals surface area contributed by atoms with Gasteiger partial charge >= 0.3 is 0 Å². The summed E-state index contributed by atoms with van der Waals surface area (Å²) in [4.78, 5) is 13.9. The number of nitrogens with one attached hydrogen (secondary N) is 1. The summed E-state index contributed by atoms with van der Waals surface area (Å²) in [5.41, 5.74) is 0.447. The van der Waals surface area contributed by atoms with E-state index in [0.717, 1.165) is 51.4 Å². The van der Waals surface area contributed by atoms with E-state index in [9.17, 15) is 13.6 Å². The van der Waals surface area contributed by atoms with Crippen LogP contribution in [0.4, 0.5) is 8.78 Å². The molecule has 1 aliphatic rings. The topological polar surface area (TPSA) is 41.6 Å². The van der Waals surface area contributed by atoms with Crippen molar-refractivity contribution < 1.29 is 18.3 Å². The third-order valence-electron chi connectivity index (χ3n) is 3.42. The van der Waals surface area contributed by atoms with E-state index >= 15 is 0 Å². The molecule has 0 aromatic heterocycles. The van der Waals surface area contributed by atoms with Crippen molar-refractivity contribution >= 4 is 12.0 Å². The van der Waals surface area contributed by atoms with Gasteiger partial charge in [0.1, 0.15) is 0 Å². The molecule has 0 unspecified atom stereocenters. The lowest BCUT2D eigenvalue weighted by atomic mass is 10.2. The summed E-state index contributed by atoms with van der Waals surface area (Å²) < 4.78 is 31.0. The van der Waals surface area contributed by atoms with E-state index in [1.165, 1.54) is 18.2 Å². The van der Waals surface area contributed by atoms with Crippen molar-refractivity contribution in [1.29, 1.82) is 0 Å². The van der Waals surface area contributed by atoms with Crippen LogP contribution in [0, 0.1) is 11.6 Å². The van der Waals surface area contributed by atoms with Crippen molar-refractivity contribution in [3.63, 3.8) is 0 Å². The molecule has 4 nitrogen and oxygen atoms in total. The van der Waals surface area contributed by atoms with Crippen LogP contribution in [0.3, 0.4) is 0 Å². The quantitative estimate of drug-likeness (QED) is 0.644. The van der Waals surface area contributed by atoms with Gasteiger partial charge in [-0.25, -0.2) is 8.78 Å². The molecule has 0 spiro atoms. The number of rotatable bonds is 6. The number of ether oxygens (including phenoxy) is 1. The summed E-state index contributed by atoms with van der Waals surface area (Å²) in [5.74, 6) is -2.07. The molecule has 1 N–H and O–H groups in total. The number of benzene rings is 1. The maximum Gasteiger partial charge on any atom is 0.243 e. The monoisotopic (exact) mass is 310 g/mol. The first-order valence-electron chi connectivity index (χ1n) is 7.36. The van der Waals surface area contributed by atoms with Gasteiger partial charge in [0.05, 0.1) is 13.2 Å². The second-order valence-electron chi connectivity index (χ2n) is 5.11. The molecule has 0 atom stereocenters. The minimum absolute atomic E-state index is 0.244. The lowest BCUT2D eigenvalue weighted by molar-refractivity contribution is -0.116. The Morgan fingerprint density at radius 1 is 1.27 bits per heavy atom. The van der Waals surface area contributed by atoms with Gasteiger partial charge in [-0.2, -0.15) is 0 Å². The molecule has 6 heteroatoms. The van der Waals surface area contributed by atoms with Gasteiger partial charge < -0.3 is 10.1 Å². The maximum atomic E-state index is 13.0. The molecule has 1 aromatic carbocycles. The highest BCUT2D eigenvalue weighted by atomic mass is 19.2. The Kier molecular flexibility index (Phi) is 6.48. The molecule has 0 aliphatic carbocycles. The highest BCUT2D eigenvalue weighted by Crippen LogP contribution is 2.09. The predicted molar refractivity (Wildman–Crippen MR) is 80.3 cm³/mol.